The van der Waals surface area contributed by atoms with Crippen LogP contribution in [0.2, 0.25) is 0 Å². The van der Waals surface area contributed by atoms with Crippen molar-refractivity contribution < 1.29 is 18.8 Å². The molecule has 0 saturated carbocycles. The molecule has 1 aliphatic carbocycles. The molecule has 1 spiro atoms. The normalized spacial score (nSPS) is 30.3. The Balaban J connectivity index is 2.40. The number of hydrogen-bond acceptors (Lipinski definition) is 3. The van der Waals surface area contributed by atoms with Gasteiger partial charge in [0.05, 0.1) is 7.11 Å². The van der Waals surface area contributed by atoms with Gasteiger partial charge in [-0.25, -0.2) is 9.45 Å². The van der Waals surface area contributed by atoms with Crippen LogP contribution in [0.25, 0.3) is 0 Å². The first-order valence-electron chi connectivity index (χ1n) is 4.58. The van der Waals surface area contributed by atoms with E-state index in [0.29, 0.717) is 6.42 Å². The van der Waals surface area contributed by atoms with E-state index in [9.17, 15) is 14.0 Å². The van der Waals surface area contributed by atoms with Crippen molar-refractivity contribution >= 4 is 11.7 Å². The summed E-state index contributed by atoms with van der Waals surface area (Å²) in [6.45, 7) is 0. The van der Waals surface area contributed by atoms with E-state index in [4.69, 9.17) is 4.84 Å². The molecule has 2 aliphatic rings. The molecule has 0 bridgehead atoms. The van der Waals surface area contributed by atoms with E-state index in [2.05, 4.69) is 0 Å². The molecule has 0 radical (unpaired) electrons. The number of rotatable bonds is 1. The lowest BCUT2D eigenvalue weighted by Crippen LogP contribution is -2.43. The van der Waals surface area contributed by atoms with Crippen LogP contribution < -0.4 is 0 Å². The van der Waals surface area contributed by atoms with E-state index >= 15 is 0 Å². The van der Waals surface area contributed by atoms with Gasteiger partial charge in [-0.2, -0.15) is 0 Å². The van der Waals surface area contributed by atoms with Crippen molar-refractivity contribution in [1.29, 1.82) is 0 Å². The summed E-state index contributed by atoms with van der Waals surface area (Å²) in [5.74, 6) is -1.72. The van der Waals surface area contributed by atoms with Gasteiger partial charge in [0.15, 0.2) is 5.83 Å². The molecule has 1 unspecified atom stereocenters. The minimum Gasteiger partial charge on any atom is -0.287 e. The zero-order valence-corrected chi connectivity index (χ0v) is 8.20. The summed E-state index contributed by atoms with van der Waals surface area (Å²) in [6.07, 6.45) is 4.50. The average molecular weight is 211 g/mol. The smallest absolute Gasteiger partial charge is 0.247 e. The third kappa shape index (κ3) is 1.39. The highest BCUT2D eigenvalue weighted by molar-refractivity contribution is 6.04. The number of carbonyl (C=O) groups excluding carboxylic acids is 2. The summed E-state index contributed by atoms with van der Waals surface area (Å²) in [5.41, 5.74) is -0.913. The van der Waals surface area contributed by atoms with Crippen LogP contribution in [-0.2, 0) is 14.4 Å². The first-order valence-corrected chi connectivity index (χ1v) is 4.58. The molecular weight excluding hydrogens is 201 g/mol. The molecule has 5 heteroatoms. The topological polar surface area (TPSA) is 46.6 Å². The van der Waals surface area contributed by atoms with E-state index in [1.807, 2.05) is 0 Å². The minimum absolute atomic E-state index is 0.208. The van der Waals surface area contributed by atoms with Crippen LogP contribution in [0.1, 0.15) is 12.8 Å². The molecule has 1 heterocycles. The zero-order chi connectivity index (χ0) is 11.1. The summed E-state index contributed by atoms with van der Waals surface area (Å²) in [5, 5.41) is 1.11. The van der Waals surface area contributed by atoms with Crippen LogP contribution in [0.5, 0.6) is 0 Å². The number of ketones is 1. The lowest BCUT2D eigenvalue weighted by atomic mass is 9.91. The lowest BCUT2D eigenvalue weighted by Gasteiger charge is -2.32. The van der Waals surface area contributed by atoms with Gasteiger partial charge in [-0.3, -0.25) is 14.4 Å². The molecule has 1 amide bonds. The summed E-state index contributed by atoms with van der Waals surface area (Å²) in [4.78, 5) is 27.2. The average Bonchev–Trinajstić information content (AvgIpc) is 2.50. The molecule has 15 heavy (non-hydrogen) atoms. The first kappa shape index (κ1) is 10.0. The number of nitrogens with zero attached hydrogens (tertiary/aromatic N) is 1. The molecular formula is C10H10FNO3. The Morgan fingerprint density at radius 2 is 2.27 bits per heavy atom. The van der Waals surface area contributed by atoms with Crippen LogP contribution in [0, 0.1) is 0 Å². The van der Waals surface area contributed by atoms with Gasteiger partial charge >= 0.3 is 0 Å². The summed E-state index contributed by atoms with van der Waals surface area (Å²) in [6, 6.07) is 0. The molecule has 1 fully saturated rings. The van der Waals surface area contributed by atoms with Crippen LogP contribution >= 0.6 is 0 Å². The highest BCUT2D eigenvalue weighted by atomic mass is 19.1. The largest absolute Gasteiger partial charge is 0.287 e. The van der Waals surface area contributed by atoms with Crippen LogP contribution in [0.4, 0.5) is 4.39 Å². The Bertz CT molecular complexity index is 388. The van der Waals surface area contributed by atoms with Gasteiger partial charge in [-0.1, -0.05) is 0 Å². The van der Waals surface area contributed by atoms with E-state index in [-0.39, 0.29) is 12.3 Å². The van der Waals surface area contributed by atoms with Crippen molar-refractivity contribution in [3.05, 3.63) is 24.1 Å². The summed E-state index contributed by atoms with van der Waals surface area (Å²) >= 11 is 0. The Hall–Kier alpha value is -1.49. The number of hydrogen-bond donors (Lipinski definition) is 0. The van der Waals surface area contributed by atoms with E-state index < -0.39 is 17.1 Å². The fourth-order valence-electron chi connectivity index (χ4n) is 1.93. The van der Waals surface area contributed by atoms with Crippen LogP contribution in [-0.4, -0.2) is 29.4 Å². The Kier molecular flexibility index (Phi) is 2.19. The Morgan fingerprint density at radius 1 is 1.53 bits per heavy atom. The molecule has 1 atom stereocenters. The van der Waals surface area contributed by atoms with Gasteiger partial charge in [-0.05, 0) is 24.6 Å². The molecule has 80 valence electrons. The van der Waals surface area contributed by atoms with Crippen molar-refractivity contribution in [2.75, 3.05) is 7.11 Å². The molecule has 4 nitrogen and oxygen atoms in total. The zero-order valence-electron chi connectivity index (χ0n) is 8.20. The van der Waals surface area contributed by atoms with Gasteiger partial charge in [0, 0.05) is 6.42 Å². The van der Waals surface area contributed by atoms with Crippen LogP contribution in [0.3, 0.4) is 0 Å². The maximum absolute atomic E-state index is 13.2. The summed E-state index contributed by atoms with van der Waals surface area (Å²) in [7, 11) is 1.35. The highest BCUT2D eigenvalue weighted by Gasteiger charge is 2.45. The van der Waals surface area contributed by atoms with Gasteiger partial charge in [0.2, 0.25) is 11.7 Å². The summed E-state index contributed by atoms with van der Waals surface area (Å²) < 4.78 is 13.2. The number of carbonyl (C=O) groups is 2. The van der Waals surface area contributed by atoms with Crippen molar-refractivity contribution in [3.8, 4) is 0 Å². The molecule has 1 aliphatic heterocycles. The van der Waals surface area contributed by atoms with Crippen molar-refractivity contribution in [2.45, 2.75) is 18.4 Å². The highest BCUT2D eigenvalue weighted by Crippen LogP contribution is 2.36. The van der Waals surface area contributed by atoms with E-state index in [1.54, 1.807) is 0 Å². The van der Waals surface area contributed by atoms with Gasteiger partial charge in [0.1, 0.15) is 5.54 Å². The standard InChI is InChI=1S/C10H10FNO3/c1-15-12-9(14)3-5-10(12)4-2-8(13)7(11)6-10/h2,4,6H,3,5H2,1H3. The van der Waals surface area contributed by atoms with Crippen LogP contribution in [0.15, 0.2) is 24.1 Å². The Morgan fingerprint density at radius 3 is 2.87 bits per heavy atom. The minimum atomic E-state index is -0.913. The first-order chi connectivity index (χ1) is 7.09. The number of allylic oxidation sites excluding steroid dienone is 2. The van der Waals surface area contributed by atoms with Gasteiger partial charge in [-0.15, -0.1) is 0 Å². The second-order valence-electron chi connectivity index (χ2n) is 3.55. The molecule has 0 aromatic heterocycles. The SMILES string of the molecule is CON1C(=O)CCC12C=CC(=O)C(F)=C2. The molecule has 0 aromatic carbocycles. The maximum Gasteiger partial charge on any atom is 0.247 e. The van der Waals surface area contributed by atoms with Gasteiger partial charge < -0.3 is 0 Å². The molecule has 0 N–H and O–H groups in total. The van der Waals surface area contributed by atoms with Crippen molar-refractivity contribution in [3.63, 3.8) is 0 Å². The third-order valence-electron chi connectivity index (χ3n) is 2.66. The molecule has 0 aromatic rings. The van der Waals surface area contributed by atoms with E-state index in [1.165, 1.54) is 13.2 Å². The predicted octanol–water partition coefficient (Wildman–Crippen LogP) is 0.901. The fraction of sp³-hybridized carbons (Fsp3) is 0.400. The molecule has 2 rings (SSSR count). The maximum atomic E-state index is 13.2. The number of halogens is 1. The van der Waals surface area contributed by atoms with Crippen molar-refractivity contribution in [1.82, 2.24) is 5.06 Å². The third-order valence-corrected chi connectivity index (χ3v) is 2.66. The number of amides is 1. The van der Waals surface area contributed by atoms with E-state index in [0.717, 1.165) is 17.2 Å². The second-order valence-corrected chi connectivity index (χ2v) is 3.55. The quantitative estimate of drug-likeness (QED) is 0.647. The van der Waals surface area contributed by atoms with Gasteiger partial charge in [0.25, 0.3) is 0 Å². The van der Waals surface area contributed by atoms with Crippen molar-refractivity contribution in [2.24, 2.45) is 0 Å². The predicted molar refractivity (Wildman–Crippen MR) is 49.2 cm³/mol. The lowest BCUT2D eigenvalue weighted by molar-refractivity contribution is -0.182. The Labute approximate surface area is 85.9 Å². The fourth-order valence-corrected chi connectivity index (χ4v) is 1.93. The molecule has 1 saturated heterocycles. The second kappa shape index (κ2) is 3.27. The number of hydroxylamine groups is 2. The monoisotopic (exact) mass is 211 g/mol.